The first-order chi connectivity index (χ1) is 11.0. The van der Waals surface area contributed by atoms with Crippen LogP contribution in [0.5, 0.6) is 0 Å². The van der Waals surface area contributed by atoms with Gasteiger partial charge in [-0.2, -0.15) is 0 Å². The second kappa shape index (κ2) is 8.06. The van der Waals surface area contributed by atoms with E-state index in [1.165, 1.54) is 17.4 Å². The molecule has 0 aliphatic heterocycles. The van der Waals surface area contributed by atoms with Crippen molar-refractivity contribution in [1.82, 2.24) is 5.32 Å². The number of aryl methyl sites for hydroxylation is 1. The Morgan fingerprint density at radius 2 is 2.09 bits per heavy atom. The van der Waals surface area contributed by atoms with Crippen LogP contribution in [0.1, 0.15) is 41.4 Å². The molecule has 4 nitrogen and oxygen atoms in total. The Kier molecular flexibility index (Phi) is 6.10. The van der Waals surface area contributed by atoms with E-state index in [1.807, 2.05) is 0 Å². The predicted molar refractivity (Wildman–Crippen MR) is 89.3 cm³/mol. The number of carbonyl (C=O) groups excluding carboxylic acids is 2. The van der Waals surface area contributed by atoms with Crippen molar-refractivity contribution in [2.45, 2.75) is 33.1 Å². The van der Waals surface area contributed by atoms with Crippen molar-refractivity contribution in [3.63, 3.8) is 0 Å². The molecule has 0 unspecified atom stereocenters. The molecule has 0 saturated carbocycles. The molecule has 2 aromatic rings. The topological polar surface area (TPSA) is 55.4 Å². The van der Waals surface area contributed by atoms with Gasteiger partial charge in [-0.15, -0.1) is 11.3 Å². The molecular weight excluding hydrogens is 317 g/mol. The van der Waals surface area contributed by atoms with E-state index >= 15 is 0 Å². The van der Waals surface area contributed by atoms with Gasteiger partial charge in [-0.05, 0) is 31.0 Å². The molecule has 1 amide bonds. The Hall–Kier alpha value is -1.95. The minimum Gasteiger partial charge on any atom is -0.451 e. The van der Waals surface area contributed by atoms with Crippen molar-refractivity contribution in [2.75, 3.05) is 13.2 Å². The maximum Gasteiger partial charge on any atom is 0.349 e. The average molecular weight is 337 g/mol. The molecule has 0 atom stereocenters. The summed E-state index contributed by atoms with van der Waals surface area (Å²) in [4.78, 5) is 24.1. The van der Waals surface area contributed by atoms with Crippen molar-refractivity contribution in [3.05, 3.63) is 34.5 Å². The second-order valence-electron chi connectivity index (χ2n) is 5.30. The summed E-state index contributed by atoms with van der Waals surface area (Å²) in [5.41, 5.74) is 0.552. The smallest absolute Gasteiger partial charge is 0.349 e. The number of halogens is 1. The summed E-state index contributed by atoms with van der Waals surface area (Å²) in [5, 5.41) is 3.14. The minimum absolute atomic E-state index is 0.318. The van der Waals surface area contributed by atoms with E-state index in [9.17, 15) is 14.0 Å². The van der Waals surface area contributed by atoms with Crippen LogP contribution in [-0.2, 0) is 9.53 Å². The van der Waals surface area contributed by atoms with E-state index in [4.69, 9.17) is 4.74 Å². The number of benzene rings is 1. The first kappa shape index (κ1) is 17.4. The van der Waals surface area contributed by atoms with E-state index in [0.29, 0.717) is 27.1 Å². The number of nitrogens with one attached hydrogen (secondary N) is 1. The van der Waals surface area contributed by atoms with E-state index in [2.05, 4.69) is 12.2 Å². The Balaban J connectivity index is 1.95. The fraction of sp³-hybridized carbons (Fsp3) is 0.412. The number of unbranched alkanes of at least 4 members (excludes halogenated alkanes) is 2. The van der Waals surface area contributed by atoms with Crippen molar-refractivity contribution < 1.29 is 18.7 Å². The molecule has 0 fully saturated rings. The molecule has 0 spiro atoms. The number of hydrogen-bond donors (Lipinski definition) is 1. The van der Waals surface area contributed by atoms with Gasteiger partial charge in [0, 0.05) is 16.6 Å². The molecule has 124 valence electrons. The molecule has 0 aliphatic carbocycles. The molecule has 6 heteroatoms. The minimum atomic E-state index is -0.591. The summed E-state index contributed by atoms with van der Waals surface area (Å²) in [7, 11) is 0. The molecule has 1 aromatic carbocycles. The van der Waals surface area contributed by atoms with Crippen molar-refractivity contribution in [3.8, 4) is 0 Å². The Morgan fingerprint density at radius 1 is 1.30 bits per heavy atom. The summed E-state index contributed by atoms with van der Waals surface area (Å²) in [6, 6.07) is 4.72. The zero-order valence-corrected chi connectivity index (χ0v) is 14.1. The van der Waals surface area contributed by atoms with Crippen LogP contribution >= 0.6 is 11.3 Å². The van der Waals surface area contributed by atoms with Gasteiger partial charge in [0.1, 0.15) is 10.7 Å². The maximum absolute atomic E-state index is 13.8. The average Bonchev–Trinajstić information content (AvgIpc) is 2.87. The number of carbonyl (C=O) groups is 2. The van der Waals surface area contributed by atoms with Crippen LogP contribution in [0.3, 0.4) is 0 Å². The molecule has 0 saturated heterocycles. The van der Waals surface area contributed by atoms with Gasteiger partial charge in [-0.3, -0.25) is 4.79 Å². The Bertz CT molecular complexity index is 711. The summed E-state index contributed by atoms with van der Waals surface area (Å²) < 4.78 is 19.6. The monoisotopic (exact) mass is 337 g/mol. The molecular formula is C17H20FNO3S. The highest BCUT2D eigenvalue weighted by molar-refractivity contribution is 7.21. The molecule has 2 rings (SSSR count). The third-order valence-corrected chi connectivity index (χ3v) is 4.76. The number of amides is 1. The zero-order valence-electron chi connectivity index (χ0n) is 13.3. The Morgan fingerprint density at radius 3 is 2.78 bits per heavy atom. The molecule has 0 aliphatic rings. The van der Waals surface area contributed by atoms with Gasteiger partial charge in [0.2, 0.25) is 0 Å². The second-order valence-corrected chi connectivity index (χ2v) is 6.35. The standard InChI is InChI=1S/C17H20FNO3S/c1-3-4-5-9-19-14(20)10-22-17(21)16-11(2)15-12(18)7-6-8-13(15)23-16/h6-8H,3-5,9-10H2,1-2H3,(H,19,20). The SMILES string of the molecule is CCCCCNC(=O)COC(=O)c1sc2cccc(F)c2c1C. The number of fused-ring (bicyclic) bond motifs is 1. The molecule has 1 aromatic heterocycles. The lowest BCUT2D eigenvalue weighted by Gasteiger charge is -2.06. The lowest BCUT2D eigenvalue weighted by atomic mass is 10.1. The number of ether oxygens (including phenoxy) is 1. The van der Waals surface area contributed by atoms with Gasteiger partial charge < -0.3 is 10.1 Å². The van der Waals surface area contributed by atoms with Gasteiger partial charge in [0.05, 0.1) is 0 Å². The summed E-state index contributed by atoms with van der Waals surface area (Å²) in [6.45, 7) is 4.03. The lowest BCUT2D eigenvalue weighted by Crippen LogP contribution is -2.29. The zero-order chi connectivity index (χ0) is 16.8. The van der Waals surface area contributed by atoms with Gasteiger partial charge in [0.25, 0.3) is 5.91 Å². The van der Waals surface area contributed by atoms with Crippen LogP contribution in [0, 0.1) is 12.7 Å². The molecule has 0 radical (unpaired) electrons. The van der Waals surface area contributed by atoms with Crippen LogP contribution in [0.4, 0.5) is 4.39 Å². The fourth-order valence-electron chi connectivity index (χ4n) is 2.30. The highest BCUT2D eigenvalue weighted by Gasteiger charge is 2.19. The van der Waals surface area contributed by atoms with Crippen molar-refractivity contribution >= 4 is 33.3 Å². The van der Waals surface area contributed by atoms with Crippen molar-refractivity contribution in [1.29, 1.82) is 0 Å². The number of rotatable bonds is 7. The van der Waals surface area contributed by atoms with Gasteiger partial charge >= 0.3 is 5.97 Å². The highest BCUT2D eigenvalue weighted by atomic mass is 32.1. The van der Waals surface area contributed by atoms with E-state index in [0.717, 1.165) is 19.3 Å². The lowest BCUT2D eigenvalue weighted by molar-refractivity contribution is -0.124. The van der Waals surface area contributed by atoms with Crippen LogP contribution in [0.15, 0.2) is 18.2 Å². The molecule has 1 N–H and O–H groups in total. The Labute approximate surface area is 138 Å². The van der Waals surface area contributed by atoms with Crippen LogP contribution in [0.25, 0.3) is 10.1 Å². The van der Waals surface area contributed by atoms with Crippen LogP contribution < -0.4 is 5.32 Å². The van der Waals surface area contributed by atoms with Crippen LogP contribution in [0.2, 0.25) is 0 Å². The van der Waals surface area contributed by atoms with Crippen molar-refractivity contribution in [2.24, 2.45) is 0 Å². The normalized spacial score (nSPS) is 10.7. The summed E-state index contributed by atoms with van der Waals surface area (Å²) in [6.07, 6.45) is 3.03. The highest BCUT2D eigenvalue weighted by Crippen LogP contribution is 2.32. The molecule has 1 heterocycles. The fourth-order valence-corrected chi connectivity index (χ4v) is 3.42. The molecule has 0 bridgehead atoms. The van der Waals surface area contributed by atoms with Gasteiger partial charge in [-0.1, -0.05) is 25.8 Å². The first-order valence-corrected chi connectivity index (χ1v) is 8.47. The van der Waals surface area contributed by atoms with Gasteiger partial charge in [0.15, 0.2) is 6.61 Å². The van der Waals surface area contributed by atoms with E-state index in [1.54, 1.807) is 19.1 Å². The summed E-state index contributed by atoms with van der Waals surface area (Å²) in [5.74, 6) is -1.27. The quantitative estimate of drug-likeness (QED) is 0.617. The van der Waals surface area contributed by atoms with Crippen LogP contribution in [-0.4, -0.2) is 25.0 Å². The summed E-state index contributed by atoms with van der Waals surface area (Å²) >= 11 is 1.18. The maximum atomic E-state index is 13.8. The number of thiophene rings is 1. The van der Waals surface area contributed by atoms with Gasteiger partial charge in [-0.25, -0.2) is 9.18 Å². The van der Waals surface area contributed by atoms with E-state index < -0.39 is 5.97 Å². The molecule has 23 heavy (non-hydrogen) atoms. The van der Waals surface area contributed by atoms with E-state index in [-0.39, 0.29) is 18.3 Å². The third kappa shape index (κ3) is 4.28. The number of esters is 1. The number of hydrogen-bond acceptors (Lipinski definition) is 4. The first-order valence-electron chi connectivity index (χ1n) is 7.66. The largest absolute Gasteiger partial charge is 0.451 e. The third-order valence-electron chi connectivity index (χ3n) is 3.53. The predicted octanol–water partition coefficient (Wildman–Crippen LogP) is 3.81.